The number of thiophene rings is 1. The lowest BCUT2D eigenvalue weighted by atomic mass is 10.1. The van der Waals surface area contributed by atoms with Gasteiger partial charge < -0.3 is 9.73 Å². The molecule has 1 N–H and O–H groups in total. The minimum absolute atomic E-state index is 0.0818. The second-order valence-electron chi connectivity index (χ2n) is 5.73. The predicted octanol–water partition coefficient (Wildman–Crippen LogP) is 4.56. The first-order chi connectivity index (χ1) is 13.1. The average Bonchev–Trinajstić information content (AvgIpc) is 3.32. The van der Waals surface area contributed by atoms with Crippen molar-refractivity contribution in [3.63, 3.8) is 0 Å². The maximum Gasteiger partial charge on any atom is 0.259 e. The number of amides is 1. The number of carbonyl (C=O) groups is 1. The van der Waals surface area contributed by atoms with Gasteiger partial charge in [-0.05, 0) is 36.8 Å². The van der Waals surface area contributed by atoms with Crippen molar-refractivity contribution < 1.29 is 13.6 Å². The summed E-state index contributed by atoms with van der Waals surface area (Å²) in [6.45, 7) is 2.01. The van der Waals surface area contributed by atoms with Crippen molar-refractivity contribution in [3.8, 4) is 21.1 Å². The Kier molecular flexibility index (Phi) is 4.47. The van der Waals surface area contributed by atoms with Gasteiger partial charge in [0.05, 0.1) is 22.8 Å². The van der Waals surface area contributed by atoms with Crippen LogP contribution in [-0.4, -0.2) is 20.9 Å². The second-order valence-corrected chi connectivity index (χ2v) is 6.78. The molecule has 4 heterocycles. The predicted molar refractivity (Wildman–Crippen MR) is 99.9 cm³/mol. The first-order valence-electron chi connectivity index (χ1n) is 7.98. The van der Waals surface area contributed by atoms with E-state index in [0.29, 0.717) is 11.6 Å². The summed E-state index contributed by atoms with van der Waals surface area (Å²) >= 11 is 1.57. The van der Waals surface area contributed by atoms with Crippen molar-refractivity contribution in [1.82, 2.24) is 15.0 Å². The van der Waals surface area contributed by atoms with Gasteiger partial charge in [0.15, 0.2) is 18.0 Å². The third kappa shape index (κ3) is 3.47. The molecule has 4 aromatic rings. The van der Waals surface area contributed by atoms with Gasteiger partial charge in [-0.1, -0.05) is 0 Å². The Bertz CT molecular complexity index is 1090. The lowest BCUT2D eigenvalue weighted by molar-refractivity contribution is 0.102. The number of aromatic nitrogens is 3. The Balaban J connectivity index is 1.55. The van der Waals surface area contributed by atoms with Gasteiger partial charge in [-0.2, -0.15) is 0 Å². The Labute approximate surface area is 157 Å². The van der Waals surface area contributed by atoms with E-state index in [2.05, 4.69) is 20.3 Å². The van der Waals surface area contributed by atoms with E-state index in [4.69, 9.17) is 4.42 Å². The number of carbonyl (C=O) groups excluding carboxylic acids is 1. The van der Waals surface area contributed by atoms with Crippen molar-refractivity contribution in [2.45, 2.75) is 6.92 Å². The minimum atomic E-state index is -0.680. The number of hydrogen-bond donors (Lipinski definition) is 1. The van der Waals surface area contributed by atoms with Gasteiger partial charge in [0.2, 0.25) is 0 Å². The lowest BCUT2D eigenvalue weighted by Gasteiger charge is -2.06. The van der Waals surface area contributed by atoms with Crippen LogP contribution in [0.5, 0.6) is 0 Å². The number of anilines is 1. The van der Waals surface area contributed by atoms with Crippen LogP contribution in [0, 0.1) is 12.7 Å². The topological polar surface area (TPSA) is 80.9 Å². The Morgan fingerprint density at radius 1 is 1.19 bits per heavy atom. The van der Waals surface area contributed by atoms with E-state index in [9.17, 15) is 9.18 Å². The summed E-state index contributed by atoms with van der Waals surface area (Å²) in [5, 5.41) is 2.58. The monoisotopic (exact) mass is 380 g/mol. The van der Waals surface area contributed by atoms with E-state index in [1.54, 1.807) is 29.8 Å². The minimum Gasteiger partial charge on any atom is -0.443 e. The number of hydrogen-bond acceptors (Lipinski definition) is 6. The van der Waals surface area contributed by atoms with Crippen molar-refractivity contribution >= 4 is 23.1 Å². The van der Waals surface area contributed by atoms with Crippen LogP contribution in [-0.2, 0) is 0 Å². The summed E-state index contributed by atoms with van der Waals surface area (Å²) in [5.74, 6) is -0.203. The third-order valence-corrected chi connectivity index (χ3v) is 5.18. The van der Waals surface area contributed by atoms with E-state index in [1.807, 2.05) is 19.1 Å². The molecule has 0 aliphatic rings. The summed E-state index contributed by atoms with van der Waals surface area (Å²) in [6.07, 6.45) is 7.09. The zero-order chi connectivity index (χ0) is 18.8. The fourth-order valence-corrected chi connectivity index (χ4v) is 3.69. The molecule has 0 unspecified atom stereocenters. The summed E-state index contributed by atoms with van der Waals surface area (Å²) in [7, 11) is 0. The van der Waals surface area contributed by atoms with Gasteiger partial charge in [-0.15, -0.1) is 11.3 Å². The molecule has 0 aromatic carbocycles. The molecular weight excluding hydrogens is 367 g/mol. The highest BCUT2D eigenvalue weighted by Crippen LogP contribution is 2.37. The van der Waals surface area contributed by atoms with Crippen molar-refractivity contribution in [1.29, 1.82) is 0 Å². The van der Waals surface area contributed by atoms with Gasteiger partial charge in [0.1, 0.15) is 5.82 Å². The number of halogens is 1. The van der Waals surface area contributed by atoms with Gasteiger partial charge in [-0.25, -0.2) is 14.4 Å². The standard InChI is InChI=1S/C19H13FN4O2S/c1-11-6-16(15-9-22-10-26-15)27-18(11)12-2-3-17(23-7-12)24-19(25)13-4-5-21-8-14(13)20/h2-10H,1H3,(H,23,24,25). The molecule has 27 heavy (non-hydrogen) atoms. The van der Waals surface area contributed by atoms with Gasteiger partial charge in [0.25, 0.3) is 5.91 Å². The first kappa shape index (κ1) is 17.0. The van der Waals surface area contributed by atoms with Crippen LogP contribution in [0.4, 0.5) is 10.2 Å². The Hall–Kier alpha value is -3.39. The van der Waals surface area contributed by atoms with Crippen LogP contribution in [0.25, 0.3) is 21.1 Å². The van der Waals surface area contributed by atoms with E-state index in [-0.39, 0.29) is 5.56 Å². The maximum absolute atomic E-state index is 13.6. The number of oxazole rings is 1. The zero-order valence-electron chi connectivity index (χ0n) is 14.1. The summed E-state index contributed by atoms with van der Waals surface area (Å²) in [5.41, 5.74) is 1.92. The Morgan fingerprint density at radius 3 is 2.78 bits per heavy atom. The number of pyridine rings is 2. The van der Waals surface area contributed by atoms with Crippen LogP contribution < -0.4 is 5.32 Å². The molecule has 6 nitrogen and oxygen atoms in total. The zero-order valence-corrected chi connectivity index (χ0v) is 15.0. The number of aryl methyl sites for hydroxylation is 1. The fourth-order valence-electron chi connectivity index (χ4n) is 2.57. The largest absolute Gasteiger partial charge is 0.443 e. The molecule has 0 fully saturated rings. The molecule has 8 heteroatoms. The maximum atomic E-state index is 13.6. The van der Waals surface area contributed by atoms with Crippen molar-refractivity contribution in [2.24, 2.45) is 0 Å². The van der Waals surface area contributed by atoms with Gasteiger partial charge in [0, 0.05) is 22.8 Å². The molecule has 4 rings (SSSR count). The van der Waals surface area contributed by atoms with Crippen LogP contribution in [0.3, 0.4) is 0 Å². The SMILES string of the molecule is Cc1cc(-c2cnco2)sc1-c1ccc(NC(=O)c2ccncc2F)nc1. The fraction of sp³-hybridized carbons (Fsp3) is 0.0526. The highest BCUT2D eigenvalue weighted by molar-refractivity contribution is 7.19. The highest BCUT2D eigenvalue weighted by Gasteiger charge is 2.14. The van der Waals surface area contributed by atoms with E-state index < -0.39 is 11.7 Å². The van der Waals surface area contributed by atoms with E-state index in [1.165, 1.54) is 18.7 Å². The molecule has 1 amide bonds. The van der Waals surface area contributed by atoms with Crippen LogP contribution in [0.15, 0.2) is 59.9 Å². The molecule has 0 saturated carbocycles. The number of rotatable bonds is 4. The summed E-state index contributed by atoms with van der Waals surface area (Å²) in [4.78, 5) is 26.0. The average molecular weight is 380 g/mol. The van der Waals surface area contributed by atoms with Crippen LogP contribution >= 0.6 is 11.3 Å². The van der Waals surface area contributed by atoms with E-state index >= 15 is 0 Å². The van der Waals surface area contributed by atoms with Crippen molar-refractivity contribution in [3.05, 3.63) is 72.4 Å². The molecule has 0 aliphatic heterocycles. The van der Waals surface area contributed by atoms with Crippen LogP contribution in [0.2, 0.25) is 0 Å². The summed E-state index contributed by atoms with van der Waals surface area (Å²) in [6, 6.07) is 6.88. The molecule has 0 spiro atoms. The lowest BCUT2D eigenvalue weighted by Crippen LogP contribution is -2.14. The molecular formula is C19H13FN4O2S. The molecule has 4 aromatic heterocycles. The number of nitrogens with one attached hydrogen (secondary N) is 1. The molecule has 0 radical (unpaired) electrons. The molecule has 0 aliphatic carbocycles. The Morgan fingerprint density at radius 2 is 2.07 bits per heavy atom. The summed E-state index contributed by atoms with van der Waals surface area (Å²) < 4.78 is 19.0. The second kappa shape index (κ2) is 7.08. The smallest absolute Gasteiger partial charge is 0.259 e. The molecule has 134 valence electrons. The van der Waals surface area contributed by atoms with Gasteiger partial charge >= 0.3 is 0 Å². The first-order valence-corrected chi connectivity index (χ1v) is 8.80. The molecule has 0 atom stereocenters. The van der Waals surface area contributed by atoms with Crippen molar-refractivity contribution in [2.75, 3.05) is 5.32 Å². The normalized spacial score (nSPS) is 10.7. The quantitative estimate of drug-likeness (QED) is 0.561. The third-order valence-electron chi connectivity index (χ3n) is 3.88. The van der Waals surface area contributed by atoms with Gasteiger partial charge in [-0.3, -0.25) is 9.78 Å². The van der Waals surface area contributed by atoms with Crippen LogP contribution in [0.1, 0.15) is 15.9 Å². The highest BCUT2D eigenvalue weighted by atomic mass is 32.1. The molecule has 0 saturated heterocycles. The number of nitrogens with zero attached hydrogens (tertiary/aromatic N) is 3. The molecule has 0 bridgehead atoms. The van der Waals surface area contributed by atoms with E-state index in [0.717, 1.165) is 27.1 Å².